The lowest BCUT2D eigenvalue weighted by atomic mass is 9.77. The molecular formula is C44H43N3. The average molecular weight is 614 g/mol. The molecule has 234 valence electrons. The van der Waals surface area contributed by atoms with Gasteiger partial charge in [-0.25, -0.2) is 15.0 Å². The molecule has 0 saturated heterocycles. The highest BCUT2D eigenvalue weighted by Gasteiger charge is 2.39. The van der Waals surface area contributed by atoms with Crippen molar-refractivity contribution in [3.63, 3.8) is 0 Å². The summed E-state index contributed by atoms with van der Waals surface area (Å²) >= 11 is 0. The van der Waals surface area contributed by atoms with Gasteiger partial charge >= 0.3 is 0 Å². The molecule has 0 N–H and O–H groups in total. The fraction of sp³-hybridized carbons (Fsp3) is 0.250. The summed E-state index contributed by atoms with van der Waals surface area (Å²) in [7, 11) is 0. The Kier molecular flexibility index (Phi) is 7.28. The van der Waals surface area contributed by atoms with E-state index < -0.39 is 0 Å². The topological polar surface area (TPSA) is 38.7 Å². The highest BCUT2D eigenvalue weighted by Crippen LogP contribution is 2.54. The van der Waals surface area contributed by atoms with E-state index in [1.54, 1.807) is 0 Å². The maximum Gasteiger partial charge on any atom is 0.164 e. The molecule has 47 heavy (non-hydrogen) atoms. The van der Waals surface area contributed by atoms with Crippen molar-refractivity contribution >= 4 is 0 Å². The molecule has 3 nitrogen and oxygen atoms in total. The van der Waals surface area contributed by atoms with E-state index in [0.717, 1.165) is 27.8 Å². The van der Waals surface area contributed by atoms with Crippen LogP contribution < -0.4 is 0 Å². The van der Waals surface area contributed by atoms with Crippen LogP contribution in [0.15, 0.2) is 115 Å². The number of benzene rings is 5. The predicted octanol–water partition coefficient (Wildman–Crippen LogP) is 11.4. The molecule has 0 saturated carbocycles. The standard InChI is InChI=1S/C44H43N3/c1-42(2,3)32-22-23-36-34(25-32)38-35(26-33(43(4,5)6)27-37(38)44(36,7)8)41-46-39(29-18-13-10-14-19-29)45-40(47-41)31-21-15-20-30(24-31)28-16-11-9-12-17-28/h9-27H,1-8H3. The van der Waals surface area contributed by atoms with Crippen LogP contribution in [0.1, 0.15) is 77.6 Å². The molecule has 0 bridgehead atoms. The molecular weight excluding hydrogens is 571 g/mol. The maximum absolute atomic E-state index is 5.30. The van der Waals surface area contributed by atoms with Gasteiger partial charge in [0, 0.05) is 22.1 Å². The Bertz CT molecular complexity index is 2110. The van der Waals surface area contributed by atoms with Crippen molar-refractivity contribution in [3.05, 3.63) is 138 Å². The first-order valence-electron chi connectivity index (χ1n) is 16.6. The van der Waals surface area contributed by atoms with E-state index >= 15 is 0 Å². The number of fused-ring (bicyclic) bond motifs is 3. The zero-order chi connectivity index (χ0) is 33.1. The Balaban J connectivity index is 1.53. The molecule has 5 aromatic carbocycles. The number of hydrogen-bond acceptors (Lipinski definition) is 3. The molecule has 0 amide bonds. The van der Waals surface area contributed by atoms with Crippen molar-refractivity contribution in [1.82, 2.24) is 15.0 Å². The van der Waals surface area contributed by atoms with E-state index in [1.165, 1.54) is 33.4 Å². The van der Waals surface area contributed by atoms with Crippen molar-refractivity contribution in [2.24, 2.45) is 0 Å². The fourth-order valence-electron chi connectivity index (χ4n) is 6.75. The van der Waals surface area contributed by atoms with Crippen LogP contribution in [0.5, 0.6) is 0 Å². The molecule has 1 heterocycles. The fourth-order valence-corrected chi connectivity index (χ4v) is 6.75. The highest BCUT2D eigenvalue weighted by molar-refractivity contribution is 5.92. The second-order valence-electron chi connectivity index (χ2n) is 15.5. The Morgan fingerprint density at radius 1 is 0.426 bits per heavy atom. The lowest BCUT2D eigenvalue weighted by Crippen LogP contribution is -2.18. The van der Waals surface area contributed by atoms with Crippen LogP contribution in [0, 0.1) is 0 Å². The van der Waals surface area contributed by atoms with Gasteiger partial charge in [0.15, 0.2) is 17.5 Å². The van der Waals surface area contributed by atoms with Crippen LogP contribution in [0.25, 0.3) is 56.4 Å². The van der Waals surface area contributed by atoms with Crippen molar-refractivity contribution < 1.29 is 0 Å². The first-order valence-corrected chi connectivity index (χ1v) is 16.6. The third kappa shape index (κ3) is 5.58. The lowest BCUT2D eigenvalue weighted by molar-refractivity contribution is 0.583. The number of hydrogen-bond donors (Lipinski definition) is 0. The Hall–Kier alpha value is -4.89. The predicted molar refractivity (Wildman–Crippen MR) is 197 cm³/mol. The molecule has 0 unspecified atom stereocenters. The van der Waals surface area contributed by atoms with Gasteiger partial charge in [-0.05, 0) is 67.5 Å². The minimum Gasteiger partial charge on any atom is -0.208 e. The Morgan fingerprint density at radius 2 is 0.957 bits per heavy atom. The quantitative estimate of drug-likeness (QED) is 0.198. The van der Waals surface area contributed by atoms with Crippen molar-refractivity contribution in [2.45, 2.75) is 71.6 Å². The van der Waals surface area contributed by atoms with Crippen molar-refractivity contribution in [3.8, 4) is 56.4 Å². The van der Waals surface area contributed by atoms with Crippen LogP contribution >= 0.6 is 0 Å². The molecule has 0 radical (unpaired) electrons. The average Bonchev–Trinajstić information content (AvgIpc) is 3.30. The summed E-state index contributed by atoms with van der Waals surface area (Å²) in [5.74, 6) is 2.04. The van der Waals surface area contributed by atoms with Crippen molar-refractivity contribution in [2.75, 3.05) is 0 Å². The smallest absolute Gasteiger partial charge is 0.164 e. The van der Waals surface area contributed by atoms with E-state index in [0.29, 0.717) is 17.5 Å². The Morgan fingerprint density at radius 3 is 1.60 bits per heavy atom. The molecule has 0 spiro atoms. The zero-order valence-electron chi connectivity index (χ0n) is 28.8. The normalized spacial score (nSPS) is 13.7. The third-order valence-electron chi connectivity index (χ3n) is 9.64. The molecule has 0 fully saturated rings. The van der Waals surface area contributed by atoms with Crippen LogP contribution in [-0.2, 0) is 16.2 Å². The summed E-state index contributed by atoms with van der Waals surface area (Å²) in [5.41, 5.74) is 12.9. The summed E-state index contributed by atoms with van der Waals surface area (Å²) in [5, 5.41) is 0. The molecule has 1 aromatic heterocycles. The van der Waals surface area contributed by atoms with Gasteiger partial charge in [0.05, 0.1) is 0 Å². The van der Waals surface area contributed by atoms with Crippen molar-refractivity contribution in [1.29, 1.82) is 0 Å². The van der Waals surface area contributed by atoms with Crippen LogP contribution in [-0.4, -0.2) is 15.0 Å². The first-order chi connectivity index (χ1) is 22.3. The molecule has 6 aromatic rings. The van der Waals surface area contributed by atoms with E-state index in [9.17, 15) is 0 Å². The first kappa shape index (κ1) is 30.7. The molecule has 1 aliphatic rings. The number of rotatable bonds is 4. The Labute approximate surface area is 279 Å². The van der Waals surface area contributed by atoms with Gasteiger partial charge in [-0.15, -0.1) is 0 Å². The SMILES string of the molecule is CC(C)(C)c1ccc2c(c1)-c1c(-c3nc(-c4ccccc4)nc(-c4cccc(-c5ccccc5)c4)n3)cc(C(C)(C)C)cc1C2(C)C. The monoisotopic (exact) mass is 613 g/mol. The minimum absolute atomic E-state index is 0.0258. The second-order valence-corrected chi connectivity index (χ2v) is 15.5. The van der Waals surface area contributed by atoms with E-state index in [-0.39, 0.29) is 16.2 Å². The summed E-state index contributed by atoms with van der Waals surface area (Å²) in [6, 6.07) is 41.1. The molecule has 1 aliphatic carbocycles. The van der Waals surface area contributed by atoms with Gasteiger partial charge < -0.3 is 0 Å². The van der Waals surface area contributed by atoms with Gasteiger partial charge in [-0.3, -0.25) is 0 Å². The number of nitrogens with zero attached hydrogens (tertiary/aromatic N) is 3. The molecule has 3 heteroatoms. The lowest BCUT2D eigenvalue weighted by Gasteiger charge is -2.26. The van der Waals surface area contributed by atoms with Crippen LogP contribution in [0.4, 0.5) is 0 Å². The molecule has 0 aliphatic heterocycles. The summed E-state index contributed by atoms with van der Waals surface area (Å²) in [4.78, 5) is 15.7. The van der Waals surface area contributed by atoms with E-state index in [1.807, 2.05) is 24.3 Å². The van der Waals surface area contributed by atoms with Gasteiger partial charge in [-0.2, -0.15) is 0 Å². The summed E-state index contributed by atoms with van der Waals surface area (Å²) in [6.07, 6.45) is 0. The molecule has 0 atom stereocenters. The highest BCUT2D eigenvalue weighted by atomic mass is 15.0. The summed E-state index contributed by atoms with van der Waals surface area (Å²) < 4.78 is 0. The minimum atomic E-state index is -0.167. The maximum atomic E-state index is 5.30. The van der Waals surface area contributed by atoms with E-state index in [4.69, 9.17) is 15.0 Å². The van der Waals surface area contributed by atoms with Crippen LogP contribution in [0.3, 0.4) is 0 Å². The van der Waals surface area contributed by atoms with Gasteiger partial charge in [0.1, 0.15) is 0 Å². The largest absolute Gasteiger partial charge is 0.208 e. The third-order valence-corrected chi connectivity index (χ3v) is 9.64. The summed E-state index contributed by atoms with van der Waals surface area (Å²) in [6.45, 7) is 18.4. The second kappa shape index (κ2) is 11.1. The molecule has 7 rings (SSSR count). The van der Waals surface area contributed by atoms with Gasteiger partial charge in [0.25, 0.3) is 0 Å². The zero-order valence-corrected chi connectivity index (χ0v) is 28.8. The van der Waals surface area contributed by atoms with E-state index in [2.05, 4.69) is 146 Å². The van der Waals surface area contributed by atoms with Crippen LogP contribution in [0.2, 0.25) is 0 Å². The van der Waals surface area contributed by atoms with Gasteiger partial charge in [-0.1, -0.05) is 159 Å². The van der Waals surface area contributed by atoms with Gasteiger partial charge in [0.2, 0.25) is 0 Å². The number of aromatic nitrogens is 3.